The highest BCUT2D eigenvalue weighted by Crippen LogP contribution is 2.55. The van der Waals surface area contributed by atoms with Crippen LogP contribution in [0.1, 0.15) is 60.4 Å². The van der Waals surface area contributed by atoms with Crippen LogP contribution in [-0.2, 0) is 29.5 Å². The minimum atomic E-state index is -4.68. The van der Waals surface area contributed by atoms with E-state index in [1.807, 2.05) is 6.08 Å². The van der Waals surface area contributed by atoms with Crippen LogP contribution in [-0.4, -0.2) is 43.5 Å². The number of carbonyl (C=O) groups is 1. The van der Waals surface area contributed by atoms with Gasteiger partial charge in [0.1, 0.15) is 11.5 Å². The van der Waals surface area contributed by atoms with E-state index < -0.39 is 49.3 Å². The fourth-order valence-electron chi connectivity index (χ4n) is 6.49. The lowest BCUT2D eigenvalue weighted by Gasteiger charge is -2.47. The third-order valence-corrected chi connectivity index (χ3v) is 11.6. The number of sulfone groups is 1. The Morgan fingerprint density at radius 2 is 1.82 bits per heavy atom. The Hall–Kier alpha value is -4.13. The minimum Gasteiger partial charge on any atom is -0.291 e. The first-order valence-corrected chi connectivity index (χ1v) is 15.5. The van der Waals surface area contributed by atoms with Crippen molar-refractivity contribution in [3.8, 4) is 5.69 Å². The zero-order valence-electron chi connectivity index (χ0n) is 24.1. The maximum atomic E-state index is 14.4. The molecule has 230 valence electrons. The van der Waals surface area contributed by atoms with Crippen molar-refractivity contribution in [1.82, 2.24) is 24.5 Å². The topological polar surface area (TPSA) is 99.7 Å². The van der Waals surface area contributed by atoms with Gasteiger partial charge in [0.15, 0.2) is 10.8 Å². The van der Waals surface area contributed by atoms with Gasteiger partial charge in [0.05, 0.1) is 33.3 Å². The van der Waals surface area contributed by atoms with Crippen LogP contribution in [0.15, 0.2) is 71.7 Å². The van der Waals surface area contributed by atoms with Crippen LogP contribution in [0.4, 0.5) is 17.6 Å². The fraction of sp³-hybridized carbons (Fsp3) is 0.355. The van der Waals surface area contributed by atoms with E-state index in [0.29, 0.717) is 35.4 Å². The lowest BCUT2D eigenvalue weighted by atomic mass is 9.57. The molecule has 0 bridgehead atoms. The summed E-state index contributed by atoms with van der Waals surface area (Å²) in [5.74, 6) is -1.56. The molecule has 4 aromatic rings. The summed E-state index contributed by atoms with van der Waals surface area (Å²) in [5.41, 5.74) is -0.106. The van der Waals surface area contributed by atoms with Gasteiger partial charge in [0.2, 0.25) is 9.84 Å². The second-order valence-electron chi connectivity index (χ2n) is 12.0. The molecule has 2 aliphatic rings. The van der Waals surface area contributed by atoms with Crippen molar-refractivity contribution in [3.05, 3.63) is 95.0 Å². The molecular formula is C31H29F4N5O3S. The Balaban J connectivity index is 1.46. The van der Waals surface area contributed by atoms with Gasteiger partial charge in [-0.1, -0.05) is 5.57 Å². The van der Waals surface area contributed by atoms with Gasteiger partial charge in [-0.15, -0.1) is 0 Å². The predicted octanol–water partition coefficient (Wildman–Crippen LogP) is 6.02. The Labute approximate surface area is 251 Å². The zero-order valence-corrected chi connectivity index (χ0v) is 25.0. The Bertz CT molecular complexity index is 1910. The molecule has 13 heteroatoms. The normalized spacial score (nSPS) is 20.5. The molecule has 2 aliphatic carbocycles. The van der Waals surface area contributed by atoms with Crippen molar-refractivity contribution in [2.24, 2.45) is 18.4 Å². The van der Waals surface area contributed by atoms with Crippen LogP contribution in [0.3, 0.4) is 0 Å². The highest BCUT2D eigenvalue weighted by Gasteiger charge is 2.55. The summed E-state index contributed by atoms with van der Waals surface area (Å²) in [5, 5.41) is 8.52. The molecule has 0 spiro atoms. The van der Waals surface area contributed by atoms with Gasteiger partial charge >= 0.3 is 6.18 Å². The van der Waals surface area contributed by atoms with Gasteiger partial charge in [-0.3, -0.25) is 14.5 Å². The van der Waals surface area contributed by atoms with E-state index in [9.17, 15) is 30.8 Å². The molecule has 3 aromatic heterocycles. The molecule has 44 heavy (non-hydrogen) atoms. The summed E-state index contributed by atoms with van der Waals surface area (Å²) in [4.78, 5) is 18.5. The van der Waals surface area contributed by atoms with Gasteiger partial charge < -0.3 is 0 Å². The Kier molecular flexibility index (Phi) is 6.95. The number of aromatic nitrogens is 5. The number of hydrogen-bond acceptors (Lipinski definition) is 6. The van der Waals surface area contributed by atoms with E-state index in [1.54, 1.807) is 43.9 Å². The van der Waals surface area contributed by atoms with Crippen LogP contribution >= 0.6 is 0 Å². The van der Waals surface area contributed by atoms with E-state index in [1.165, 1.54) is 29.1 Å². The number of fused-ring (bicyclic) bond motifs is 2. The van der Waals surface area contributed by atoms with Gasteiger partial charge in [-0.25, -0.2) is 17.5 Å². The number of ketones is 1. The molecule has 0 aliphatic heterocycles. The van der Waals surface area contributed by atoms with Gasteiger partial charge in [0, 0.05) is 19.4 Å². The van der Waals surface area contributed by atoms with Crippen molar-refractivity contribution < 1.29 is 30.8 Å². The molecule has 6 rings (SSSR count). The number of rotatable bonds is 6. The molecule has 0 amide bonds. The van der Waals surface area contributed by atoms with E-state index >= 15 is 0 Å². The van der Waals surface area contributed by atoms with Crippen LogP contribution in [0.25, 0.3) is 11.8 Å². The van der Waals surface area contributed by atoms with E-state index in [2.05, 4.69) is 15.2 Å². The first kappa shape index (κ1) is 29.9. The summed E-state index contributed by atoms with van der Waals surface area (Å²) in [6.45, 7) is 3.22. The minimum absolute atomic E-state index is 0.0653. The van der Waals surface area contributed by atoms with Crippen molar-refractivity contribution in [1.29, 1.82) is 0 Å². The van der Waals surface area contributed by atoms with Gasteiger partial charge in [-0.05, 0) is 99.6 Å². The maximum Gasteiger partial charge on any atom is 0.416 e. The second-order valence-corrected chi connectivity index (χ2v) is 14.5. The molecule has 1 aromatic carbocycles. The third kappa shape index (κ3) is 4.77. The molecule has 0 unspecified atom stereocenters. The number of nitrogens with zero attached hydrogens (tertiary/aromatic N) is 5. The number of benzene rings is 1. The molecule has 1 fully saturated rings. The summed E-state index contributed by atoms with van der Waals surface area (Å²) < 4.78 is 83.9. The molecule has 2 atom stereocenters. The third-order valence-electron chi connectivity index (χ3n) is 9.13. The number of alkyl halides is 3. The average Bonchev–Trinajstić information content (AvgIpc) is 3.61. The van der Waals surface area contributed by atoms with Crippen LogP contribution < -0.4 is 0 Å². The first-order chi connectivity index (χ1) is 20.6. The lowest BCUT2D eigenvalue weighted by Crippen LogP contribution is -2.49. The van der Waals surface area contributed by atoms with Gasteiger partial charge in [0.25, 0.3) is 0 Å². The highest BCUT2D eigenvalue weighted by atomic mass is 32.2. The molecule has 3 heterocycles. The average molecular weight is 628 g/mol. The summed E-state index contributed by atoms with van der Waals surface area (Å²) in [6, 6.07) is 8.75. The number of pyridine rings is 1. The number of halogens is 4. The molecule has 0 saturated heterocycles. The molecule has 1 saturated carbocycles. The molecule has 0 radical (unpaired) electrons. The Morgan fingerprint density at radius 3 is 2.48 bits per heavy atom. The molecule has 8 nitrogen and oxygen atoms in total. The number of carbonyl (C=O) groups excluding carboxylic acids is 1. The summed E-state index contributed by atoms with van der Waals surface area (Å²) in [6.07, 6.45) is 2.11. The number of Topliss-reactive ketones (excluding diaryl/α,β-unsaturated/α-hetero) is 1. The SMILES string of the molecule is Cn1ccc(S(=O)(=O)C(C)(C)[C@H]2CCC3=Cc4c(cnn4-c4ccc(F)cc4)C[C@]3(C(=O)c3cc(C(F)(F)F)ccn3)C2)n1. The number of aryl methyl sites for hydroxylation is 1. The Morgan fingerprint density at radius 1 is 1.09 bits per heavy atom. The van der Waals surface area contributed by atoms with Gasteiger partial charge in [-0.2, -0.15) is 23.4 Å². The van der Waals surface area contributed by atoms with Crippen LogP contribution in [0, 0.1) is 17.2 Å². The molecular weight excluding hydrogens is 598 g/mol. The summed E-state index contributed by atoms with van der Waals surface area (Å²) in [7, 11) is -2.35. The van der Waals surface area contributed by atoms with E-state index in [-0.39, 0.29) is 23.6 Å². The largest absolute Gasteiger partial charge is 0.416 e. The van der Waals surface area contributed by atoms with Crippen LogP contribution in [0.5, 0.6) is 0 Å². The second kappa shape index (κ2) is 10.2. The maximum absolute atomic E-state index is 14.4. The highest BCUT2D eigenvalue weighted by molar-refractivity contribution is 7.92. The van der Waals surface area contributed by atoms with Crippen molar-refractivity contribution >= 4 is 21.7 Å². The smallest absolute Gasteiger partial charge is 0.291 e. The van der Waals surface area contributed by atoms with E-state index in [0.717, 1.165) is 18.3 Å². The van der Waals surface area contributed by atoms with Crippen molar-refractivity contribution in [2.45, 2.75) is 55.5 Å². The fourth-order valence-corrected chi connectivity index (χ4v) is 8.15. The first-order valence-electron chi connectivity index (χ1n) is 14.0. The van der Waals surface area contributed by atoms with Crippen LogP contribution in [0.2, 0.25) is 0 Å². The number of allylic oxidation sites excluding steroid dienone is 1. The quantitative estimate of drug-likeness (QED) is 0.192. The standard InChI is InChI=1S/C31H29F4N5O3S/c1-29(2,44(42,43)27-11-13-39(3)38-27)22-5-4-20-15-26-19(18-37-40(26)24-8-6-23(32)7-9-24)16-30(20,17-22)28(41)25-14-21(10-12-36-25)31(33,34)35/h6-15,18,22H,4-5,16-17H2,1-3H3/t22-,30-/m0/s1. The predicted molar refractivity (Wildman–Crippen MR) is 153 cm³/mol. The lowest BCUT2D eigenvalue weighted by molar-refractivity contribution is -0.137. The summed E-state index contributed by atoms with van der Waals surface area (Å²) >= 11 is 0. The molecule has 0 N–H and O–H groups in total. The zero-order chi connectivity index (χ0) is 31.7. The van der Waals surface area contributed by atoms with Crippen molar-refractivity contribution in [3.63, 3.8) is 0 Å². The van der Waals surface area contributed by atoms with E-state index in [4.69, 9.17) is 0 Å². The monoisotopic (exact) mass is 627 g/mol. The van der Waals surface area contributed by atoms with Crippen molar-refractivity contribution in [2.75, 3.05) is 0 Å². The number of hydrogen-bond donors (Lipinski definition) is 0.